The van der Waals surface area contributed by atoms with Gasteiger partial charge in [0.2, 0.25) is 5.91 Å². The molecule has 6 nitrogen and oxygen atoms in total. The summed E-state index contributed by atoms with van der Waals surface area (Å²) in [5, 5.41) is 0. The molecule has 0 radical (unpaired) electrons. The molecule has 6 heteroatoms. The van der Waals surface area contributed by atoms with E-state index in [-0.39, 0.29) is 5.91 Å². The number of hydrogen-bond acceptors (Lipinski definition) is 4. The summed E-state index contributed by atoms with van der Waals surface area (Å²) in [7, 11) is 0. The predicted octanol–water partition coefficient (Wildman–Crippen LogP) is 6.65. The molecule has 0 spiro atoms. The highest BCUT2D eigenvalue weighted by molar-refractivity contribution is 6.06. The number of nitrogens with two attached hydrogens (primary N) is 1. The van der Waals surface area contributed by atoms with E-state index in [1.165, 1.54) is 69.8 Å². The fourth-order valence-electron chi connectivity index (χ4n) is 8.60. The lowest BCUT2D eigenvalue weighted by atomic mass is 9.75. The van der Waals surface area contributed by atoms with E-state index in [1.54, 1.807) is 0 Å². The van der Waals surface area contributed by atoms with E-state index in [4.69, 9.17) is 10.7 Å². The van der Waals surface area contributed by atoms with Gasteiger partial charge >= 0.3 is 0 Å². The van der Waals surface area contributed by atoms with Gasteiger partial charge in [-0.15, -0.1) is 0 Å². The normalized spacial score (nSPS) is 30.0. The molecular formula is C35H52N4O2. The number of nitrogens with zero attached hydrogens (tertiary/aromatic N) is 3. The summed E-state index contributed by atoms with van der Waals surface area (Å²) in [5.74, 6) is 3.69. The van der Waals surface area contributed by atoms with Crippen LogP contribution in [0.1, 0.15) is 121 Å². The molecule has 5 aliphatic rings. The monoisotopic (exact) mass is 560 g/mol. The summed E-state index contributed by atoms with van der Waals surface area (Å²) in [6.07, 6.45) is 19.5. The van der Waals surface area contributed by atoms with Crippen LogP contribution in [-0.4, -0.2) is 52.7 Å². The van der Waals surface area contributed by atoms with Gasteiger partial charge in [0.25, 0.3) is 5.91 Å². The molecule has 3 atom stereocenters. The second-order valence-corrected chi connectivity index (χ2v) is 14.2. The molecule has 2 aliphatic heterocycles. The van der Waals surface area contributed by atoms with Crippen molar-refractivity contribution in [1.82, 2.24) is 9.80 Å². The molecule has 1 saturated heterocycles. The predicted molar refractivity (Wildman–Crippen MR) is 164 cm³/mol. The SMILES string of the molecule is NC1=NC(CCC2CCCCC2)(CC2CCCCC2)C(=O)N1CC1CCN(C(=O)CC2C[C@H]2c2ccccc2)CC1. The van der Waals surface area contributed by atoms with Crippen LogP contribution in [-0.2, 0) is 9.59 Å². The first-order valence-corrected chi connectivity index (χ1v) is 17.0. The minimum atomic E-state index is -0.639. The van der Waals surface area contributed by atoms with Crippen molar-refractivity contribution < 1.29 is 9.59 Å². The Balaban J connectivity index is 1.02. The third kappa shape index (κ3) is 6.83. The molecule has 2 amide bonds. The van der Waals surface area contributed by atoms with Crippen molar-refractivity contribution in [3.8, 4) is 0 Å². The lowest BCUT2D eigenvalue weighted by molar-refractivity contribution is -0.135. The lowest BCUT2D eigenvalue weighted by Gasteiger charge is -2.36. The van der Waals surface area contributed by atoms with Gasteiger partial charge in [-0.1, -0.05) is 94.5 Å². The fraction of sp³-hybridized carbons (Fsp3) is 0.743. The summed E-state index contributed by atoms with van der Waals surface area (Å²) < 4.78 is 0. The summed E-state index contributed by atoms with van der Waals surface area (Å²) >= 11 is 0. The smallest absolute Gasteiger partial charge is 0.257 e. The topological polar surface area (TPSA) is 79.0 Å². The molecule has 4 fully saturated rings. The molecule has 6 rings (SSSR count). The van der Waals surface area contributed by atoms with Gasteiger partial charge in [-0.25, -0.2) is 4.99 Å². The Morgan fingerprint density at radius 3 is 2.22 bits per heavy atom. The van der Waals surface area contributed by atoms with E-state index in [1.807, 2.05) is 4.90 Å². The van der Waals surface area contributed by atoms with Crippen LogP contribution in [0.5, 0.6) is 0 Å². The fourth-order valence-corrected chi connectivity index (χ4v) is 8.60. The van der Waals surface area contributed by atoms with Gasteiger partial charge in [0.15, 0.2) is 5.96 Å². The average molecular weight is 561 g/mol. The van der Waals surface area contributed by atoms with Crippen molar-refractivity contribution in [2.45, 2.75) is 121 Å². The van der Waals surface area contributed by atoms with E-state index >= 15 is 0 Å². The second kappa shape index (κ2) is 12.9. The highest BCUT2D eigenvalue weighted by Gasteiger charge is 2.49. The average Bonchev–Trinajstić information content (AvgIpc) is 3.74. The molecule has 3 saturated carbocycles. The third-order valence-corrected chi connectivity index (χ3v) is 11.3. The van der Waals surface area contributed by atoms with Gasteiger partial charge in [-0.2, -0.15) is 0 Å². The van der Waals surface area contributed by atoms with Crippen molar-refractivity contribution in [2.24, 2.45) is 34.4 Å². The minimum absolute atomic E-state index is 0.176. The van der Waals surface area contributed by atoms with Gasteiger partial charge in [0.05, 0.1) is 0 Å². The van der Waals surface area contributed by atoms with E-state index in [9.17, 15) is 9.59 Å². The van der Waals surface area contributed by atoms with Crippen LogP contribution in [0.15, 0.2) is 35.3 Å². The second-order valence-electron chi connectivity index (χ2n) is 14.2. The summed E-state index contributed by atoms with van der Waals surface area (Å²) in [6.45, 7) is 2.24. The van der Waals surface area contributed by atoms with Crippen LogP contribution < -0.4 is 5.73 Å². The Bertz CT molecular complexity index is 1070. The number of carbonyl (C=O) groups is 2. The van der Waals surface area contributed by atoms with Crippen LogP contribution in [0.2, 0.25) is 0 Å². The molecule has 224 valence electrons. The van der Waals surface area contributed by atoms with Crippen molar-refractivity contribution in [3.05, 3.63) is 35.9 Å². The number of rotatable bonds is 10. The molecule has 1 aromatic carbocycles. The number of benzene rings is 1. The first-order valence-electron chi connectivity index (χ1n) is 17.0. The molecule has 0 bridgehead atoms. The number of piperidine rings is 1. The van der Waals surface area contributed by atoms with E-state index in [2.05, 4.69) is 35.2 Å². The van der Waals surface area contributed by atoms with Crippen molar-refractivity contribution >= 4 is 17.8 Å². The summed E-state index contributed by atoms with van der Waals surface area (Å²) in [4.78, 5) is 36.2. The molecule has 1 aromatic rings. The standard InChI is InChI=1S/C35H52N4O2/c36-34-37-35(24-27-12-6-2-7-13-27,19-16-26-10-4-1-5-11-26)33(41)39(34)25-28-17-20-38(21-18-28)32(40)23-30-22-31(30)29-14-8-3-9-15-29/h3,8-9,14-15,26-28,30-31H,1-2,4-7,10-13,16-25H2,(H2,36,37)/t30?,31-,35?/m0/s1. The third-order valence-electron chi connectivity index (χ3n) is 11.3. The minimum Gasteiger partial charge on any atom is -0.369 e. The van der Waals surface area contributed by atoms with Gasteiger partial charge in [0.1, 0.15) is 5.54 Å². The molecule has 2 heterocycles. The number of amides is 2. The molecule has 2 unspecified atom stereocenters. The molecule has 0 aromatic heterocycles. The van der Waals surface area contributed by atoms with Crippen LogP contribution in [0.3, 0.4) is 0 Å². The van der Waals surface area contributed by atoms with Crippen LogP contribution in [0.4, 0.5) is 0 Å². The highest BCUT2D eigenvalue weighted by atomic mass is 16.2. The van der Waals surface area contributed by atoms with Crippen LogP contribution in [0.25, 0.3) is 0 Å². The Kier molecular flexibility index (Phi) is 9.02. The Hall–Kier alpha value is -2.37. The van der Waals surface area contributed by atoms with Gasteiger partial charge in [-0.3, -0.25) is 14.5 Å². The van der Waals surface area contributed by atoms with E-state index < -0.39 is 5.54 Å². The molecule has 2 N–H and O–H groups in total. The quantitative estimate of drug-likeness (QED) is 0.348. The molecule has 3 aliphatic carbocycles. The zero-order chi connectivity index (χ0) is 28.2. The van der Waals surface area contributed by atoms with E-state index in [0.29, 0.717) is 48.5 Å². The number of hydrogen-bond donors (Lipinski definition) is 1. The summed E-state index contributed by atoms with van der Waals surface area (Å²) in [6, 6.07) is 10.6. The number of carbonyl (C=O) groups excluding carboxylic acids is 2. The molecular weight excluding hydrogens is 508 g/mol. The maximum absolute atomic E-state index is 14.2. The van der Waals surface area contributed by atoms with E-state index in [0.717, 1.165) is 57.5 Å². The van der Waals surface area contributed by atoms with Gasteiger partial charge in [0, 0.05) is 26.1 Å². The number of guanidine groups is 1. The number of likely N-dealkylation sites (tertiary alicyclic amines) is 1. The maximum atomic E-state index is 14.2. The first-order chi connectivity index (χ1) is 20.0. The van der Waals surface area contributed by atoms with Crippen LogP contribution in [0, 0.1) is 23.7 Å². The maximum Gasteiger partial charge on any atom is 0.257 e. The largest absolute Gasteiger partial charge is 0.369 e. The van der Waals surface area contributed by atoms with Gasteiger partial charge in [-0.05, 0) is 73.7 Å². The van der Waals surface area contributed by atoms with Gasteiger partial charge < -0.3 is 10.6 Å². The van der Waals surface area contributed by atoms with Crippen molar-refractivity contribution in [3.63, 3.8) is 0 Å². The van der Waals surface area contributed by atoms with Crippen molar-refractivity contribution in [2.75, 3.05) is 19.6 Å². The zero-order valence-electron chi connectivity index (χ0n) is 25.2. The first kappa shape index (κ1) is 28.7. The Labute approximate surface area is 247 Å². The number of aliphatic imine (C=N–C) groups is 1. The Morgan fingerprint density at radius 1 is 0.878 bits per heavy atom. The van der Waals surface area contributed by atoms with Crippen LogP contribution >= 0.6 is 0 Å². The highest BCUT2D eigenvalue weighted by Crippen LogP contribution is 2.49. The lowest BCUT2D eigenvalue weighted by Crippen LogP contribution is -2.49. The molecule has 41 heavy (non-hydrogen) atoms. The van der Waals surface area contributed by atoms with Crippen molar-refractivity contribution in [1.29, 1.82) is 0 Å². The summed E-state index contributed by atoms with van der Waals surface area (Å²) in [5.41, 5.74) is 7.30. The zero-order valence-corrected chi connectivity index (χ0v) is 25.2. The Morgan fingerprint density at radius 2 is 1.54 bits per heavy atom.